The third-order valence-electron chi connectivity index (χ3n) is 6.46. The van der Waals surface area contributed by atoms with E-state index in [0.29, 0.717) is 0 Å². The standard InChI is InChI=1S/C26H56N2O2/c1-23(27)25(29)21-19-17-15-13-11-9-7-5-3-4-6-8-10-12-14-16-18-20-22-26(30)24(2)28/h23-26,29-30H,3-22,27-28H2,1-2H3/t23-,24-,25+,26+/m0/s1. The van der Waals surface area contributed by atoms with E-state index in [2.05, 4.69) is 0 Å². The molecule has 4 atom stereocenters. The van der Waals surface area contributed by atoms with Crippen molar-refractivity contribution in [1.29, 1.82) is 0 Å². The summed E-state index contributed by atoms with van der Waals surface area (Å²) in [5.74, 6) is 0. The fourth-order valence-electron chi connectivity index (χ4n) is 4.06. The van der Waals surface area contributed by atoms with Crippen molar-refractivity contribution >= 4 is 0 Å². The molecule has 4 heteroatoms. The van der Waals surface area contributed by atoms with Crippen LogP contribution in [0.25, 0.3) is 0 Å². The molecule has 0 saturated heterocycles. The van der Waals surface area contributed by atoms with E-state index in [1.807, 2.05) is 13.8 Å². The maximum absolute atomic E-state index is 9.66. The van der Waals surface area contributed by atoms with Crippen molar-refractivity contribution in [2.45, 2.75) is 167 Å². The topological polar surface area (TPSA) is 92.5 Å². The predicted octanol–water partition coefficient (Wildman–Crippen LogP) is 6.20. The Morgan fingerprint density at radius 2 is 0.567 bits per heavy atom. The lowest BCUT2D eigenvalue weighted by molar-refractivity contribution is 0.137. The number of nitrogens with two attached hydrogens (primary N) is 2. The number of aliphatic hydroxyl groups is 2. The molecule has 0 spiro atoms. The number of aliphatic hydroxyl groups excluding tert-OH is 2. The summed E-state index contributed by atoms with van der Waals surface area (Å²) in [7, 11) is 0. The summed E-state index contributed by atoms with van der Waals surface area (Å²) in [6.45, 7) is 3.76. The van der Waals surface area contributed by atoms with Crippen LogP contribution in [0, 0.1) is 0 Å². The van der Waals surface area contributed by atoms with Crippen LogP contribution in [0.2, 0.25) is 0 Å². The second kappa shape index (κ2) is 22.0. The molecule has 0 aliphatic rings. The summed E-state index contributed by atoms with van der Waals surface area (Å²) in [6.07, 6.45) is 25.1. The third-order valence-corrected chi connectivity index (χ3v) is 6.46. The Labute approximate surface area is 188 Å². The Kier molecular flexibility index (Phi) is 21.9. The molecular weight excluding hydrogens is 372 g/mol. The van der Waals surface area contributed by atoms with Crippen LogP contribution in [0.4, 0.5) is 0 Å². The summed E-state index contributed by atoms with van der Waals surface area (Å²) in [5, 5.41) is 19.3. The Hall–Kier alpha value is -0.160. The van der Waals surface area contributed by atoms with Gasteiger partial charge in [0.2, 0.25) is 0 Å². The Morgan fingerprint density at radius 3 is 0.733 bits per heavy atom. The molecule has 0 saturated carbocycles. The molecule has 0 aromatic heterocycles. The molecule has 0 fully saturated rings. The highest BCUT2D eigenvalue weighted by molar-refractivity contribution is 4.66. The smallest absolute Gasteiger partial charge is 0.0688 e. The minimum atomic E-state index is -0.318. The molecule has 0 heterocycles. The van der Waals surface area contributed by atoms with Crippen molar-refractivity contribution in [2.75, 3.05) is 0 Å². The van der Waals surface area contributed by atoms with Crippen LogP contribution >= 0.6 is 0 Å². The van der Waals surface area contributed by atoms with E-state index in [-0.39, 0.29) is 24.3 Å². The second-order valence-corrected chi connectivity index (χ2v) is 9.79. The second-order valence-electron chi connectivity index (χ2n) is 9.79. The Bertz CT molecular complexity index is 305. The monoisotopic (exact) mass is 428 g/mol. The number of hydrogen-bond donors (Lipinski definition) is 4. The normalized spacial score (nSPS) is 15.8. The van der Waals surface area contributed by atoms with E-state index in [9.17, 15) is 10.2 Å². The van der Waals surface area contributed by atoms with Gasteiger partial charge in [-0.1, -0.05) is 116 Å². The van der Waals surface area contributed by atoms with E-state index >= 15 is 0 Å². The lowest BCUT2D eigenvalue weighted by Gasteiger charge is -2.13. The van der Waals surface area contributed by atoms with E-state index < -0.39 is 0 Å². The van der Waals surface area contributed by atoms with Gasteiger partial charge in [0, 0.05) is 12.1 Å². The first-order valence-corrected chi connectivity index (χ1v) is 13.3. The predicted molar refractivity (Wildman–Crippen MR) is 132 cm³/mol. The fraction of sp³-hybridized carbons (Fsp3) is 1.00. The Balaban J connectivity index is 3.10. The molecule has 182 valence electrons. The third kappa shape index (κ3) is 21.1. The molecule has 0 radical (unpaired) electrons. The fourth-order valence-corrected chi connectivity index (χ4v) is 4.06. The number of rotatable bonds is 23. The zero-order valence-corrected chi connectivity index (χ0v) is 20.5. The first-order chi connectivity index (χ1) is 14.4. The van der Waals surface area contributed by atoms with Crippen molar-refractivity contribution in [3.63, 3.8) is 0 Å². The van der Waals surface area contributed by atoms with Gasteiger partial charge < -0.3 is 21.7 Å². The zero-order valence-electron chi connectivity index (χ0n) is 20.5. The quantitative estimate of drug-likeness (QED) is 0.146. The largest absolute Gasteiger partial charge is 0.392 e. The Morgan fingerprint density at radius 1 is 0.400 bits per heavy atom. The highest BCUT2D eigenvalue weighted by Gasteiger charge is 2.08. The highest BCUT2D eigenvalue weighted by atomic mass is 16.3. The summed E-state index contributed by atoms with van der Waals surface area (Å²) in [4.78, 5) is 0. The van der Waals surface area contributed by atoms with Crippen molar-refractivity contribution in [1.82, 2.24) is 0 Å². The van der Waals surface area contributed by atoms with Gasteiger partial charge in [-0.15, -0.1) is 0 Å². The molecule has 0 aromatic carbocycles. The average molecular weight is 429 g/mol. The SMILES string of the molecule is C[C@H](N)[C@H](O)CCCCCCCCCCCCCCCCCCCC[C@@H](O)[C@H](C)N. The molecule has 4 nitrogen and oxygen atoms in total. The van der Waals surface area contributed by atoms with Crippen LogP contribution in [-0.4, -0.2) is 34.5 Å². The van der Waals surface area contributed by atoms with Crippen LogP contribution in [-0.2, 0) is 0 Å². The van der Waals surface area contributed by atoms with Crippen LogP contribution in [0.3, 0.4) is 0 Å². The van der Waals surface area contributed by atoms with Crippen molar-refractivity contribution in [3.05, 3.63) is 0 Å². The van der Waals surface area contributed by atoms with Gasteiger partial charge in [-0.05, 0) is 26.7 Å². The van der Waals surface area contributed by atoms with E-state index in [1.165, 1.54) is 103 Å². The first-order valence-electron chi connectivity index (χ1n) is 13.3. The average Bonchev–Trinajstić information content (AvgIpc) is 2.71. The summed E-state index contributed by atoms with van der Waals surface area (Å²) in [6, 6.07) is -0.181. The van der Waals surface area contributed by atoms with Crippen LogP contribution in [0.5, 0.6) is 0 Å². The van der Waals surface area contributed by atoms with Crippen molar-refractivity contribution < 1.29 is 10.2 Å². The molecule has 0 unspecified atom stereocenters. The zero-order chi connectivity index (χ0) is 22.5. The van der Waals surface area contributed by atoms with Gasteiger partial charge in [-0.3, -0.25) is 0 Å². The van der Waals surface area contributed by atoms with Gasteiger partial charge in [0.05, 0.1) is 12.2 Å². The van der Waals surface area contributed by atoms with Crippen LogP contribution < -0.4 is 11.5 Å². The molecular formula is C26H56N2O2. The highest BCUT2D eigenvalue weighted by Crippen LogP contribution is 2.15. The van der Waals surface area contributed by atoms with Gasteiger partial charge in [0.1, 0.15) is 0 Å². The summed E-state index contributed by atoms with van der Waals surface area (Å²) >= 11 is 0. The van der Waals surface area contributed by atoms with E-state index in [4.69, 9.17) is 11.5 Å². The minimum absolute atomic E-state index is 0.0904. The molecule has 30 heavy (non-hydrogen) atoms. The maximum Gasteiger partial charge on any atom is 0.0688 e. The minimum Gasteiger partial charge on any atom is -0.392 e. The van der Waals surface area contributed by atoms with Crippen molar-refractivity contribution in [2.24, 2.45) is 11.5 Å². The van der Waals surface area contributed by atoms with E-state index in [0.717, 1.165) is 25.7 Å². The molecule has 0 rings (SSSR count). The summed E-state index contributed by atoms with van der Waals surface area (Å²) < 4.78 is 0. The molecule has 0 bridgehead atoms. The van der Waals surface area contributed by atoms with Gasteiger partial charge in [-0.25, -0.2) is 0 Å². The van der Waals surface area contributed by atoms with Gasteiger partial charge >= 0.3 is 0 Å². The lowest BCUT2D eigenvalue weighted by Crippen LogP contribution is -2.31. The van der Waals surface area contributed by atoms with Crippen molar-refractivity contribution in [3.8, 4) is 0 Å². The van der Waals surface area contributed by atoms with Gasteiger partial charge in [-0.2, -0.15) is 0 Å². The summed E-state index contributed by atoms with van der Waals surface area (Å²) in [5.41, 5.74) is 11.3. The maximum atomic E-state index is 9.66. The van der Waals surface area contributed by atoms with Crippen LogP contribution in [0.15, 0.2) is 0 Å². The molecule has 0 aliphatic carbocycles. The molecule has 0 aromatic rings. The van der Waals surface area contributed by atoms with Gasteiger partial charge in [0.15, 0.2) is 0 Å². The number of unbranched alkanes of at least 4 members (excludes halogenated alkanes) is 17. The lowest BCUT2D eigenvalue weighted by atomic mass is 10.0. The van der Waals surface area contributed by atoms with E-state index in [1.54, 1.807) is 0 Å². The first kappa shape index (κ1) is 29.8. The van der Waals surface area contributed by atoms with Gasteiger partial charge in [0.25, 0.3) is 0 Å². The van der Waals surface area contributed by atoms with Crippen LogP contribution in [0.1, 0.15) is 142 Å². The molecule has 6 N–H and O–H groups in total. The number of hydrogen-bond acceptors (Lipinski definition) is 4. The molecule has 0 aliphatic heterocycles. The molecule has 0 amide bonds.